The van der Waals surface area contributed by atoms with Crippen molar-refractivity contribution in [2.45, 2.75) is 83.1 Å². The van der Waals surface area contributed by atoms with Crippen molar-refractivity contribution < 1.29 is 0 Å². The fourth-order valence-corrected chi connectivity index (χ4v) is 4.07. The van der Waals surface area contributed by atoms with Crippen molar-refractivity contribution in [1.29, 1.82) is 0 Å². The Kier molecular flexibility index (Phi) is 3.25. The monoisotopic (exact) mass is 271 g/mol. The van der Waals surface area contributed by atoms with Gasteiger partial charge in [-0.15, -0.1) is 0 Å². The largest absolute Gasteiger partial charge is 0.324 e. The predicted octanol–water partition coefficient (Wildman–Crippen LogP) is 4.76. The zero-order chi connectivity index (χ0) is 14.5. The SMILES string of the molecule is CC1(C)CCC(C)(C)c2cc3c(cc21)CCCC[C@H]3N. The third kappa shape index (κ3) is 2.20. The molecule has 2 N–H and O–H groups in total. The molecule has 0 aromatic heterocycles. The maximum Gasteiger partial charge on any atom is 0.0297 e. The molecule has 1 atom stereocenters. The number of hydrogen-bond donors (Lipinski definition) is 1. The van der Waals surface area contributed by atoms with E-state index in [4.69, 9.17) is 5.73 Å². The first kappa shape index (κ1) is 14.1. The van der Waals surface area contributed by atoms with E-state index in [0.29, 0.717) is 10.8 Å². The van der Waals surface area contributed by atoms with E-state index < -0.39 is 0 Å². The number of aryl methyl sites for hydroxylation is 1. The Hall–Kier alpha value is -0.820. The molecule has 1 aromatic carbocycles. The number of hydrogen-bond acceptors (Lipinski definition) is 1. The average molecular weight is 271 g/mol. The first-order valence-corrected chi connectivity index (χ1v) is 8.25. The van der Waals surface area contributed by atoms with E-state index in [9.17, 15) is 0 Å². The van der Waals surface area contributed by atoms with Gasteiger partial charge in [-0.1, -0.05) is 46.2 Å². The van der Waals surface area contributed by atoms with Crippen molar-refractivity contribution in [3.8, 4) is 0 Å². The summed E-state index contributed by atoms with van der Waals surface area (Å²) in [5, 5.41) is 0. The van der Waals surface area contributed by atoms with Crippen LogP contribution in [0.15, 0.2) is 12.1 Å². The maximum absolute atomic E-state index is 6.44. The maximum atomic E-state index is 6.44. The molecule has 0 unspecified atom stereocenters. The molecule has 110 valence electrons. The van der Waals surface area contributed by atoms with Crippen LogP contribution < -0.4 is 5.73 Å². The van der Waals surface area contributed by atoms with Crippen LogP contribution >= 0.6 is 0 Å². The van der Waals surface area contributed by atoms with Crippen molar-refractivity contribution in [2.24, 2.45) is 5.73 Å². The van der Waals surface area contributed by atoms with Crippen molar-refractivity contribution in [3.05, 3.63) is 34.4 Å². The van der Waals surface area contributed by atoms with Gasteiger partial charge in [0.25, 0.3) is 0 Å². The van der Waals surface area contributed by atoms with E-state index in [0.717, 1.165) is 6.42 Å². The van der Waals surface area contributed by atoms with Gasteiger partial charge in [-0.2, -0.15) is 0 Å². The van der Waals surface area contributed by atoms with Gasteiger partial charge in [-0.05, 0) is 65.2 Å². The van der Waals surface area contributed by atoms with Crippen LogP contribution in [0.3, 0.4) is 0 Å². The summed E-state index contributed by atoms with van der Waals surface area (Å²) in [4.78, 5) is 0. The third-order valence-electron chi connectivity index (χ3n) is 5.72. The summed E-state index contributed by atoms with van der Waals surface area (Å²) >= 11 is 0. The van der Waals surface area contributed by atoms with Crippen molar-refractivity contribution >= 4 is 0 Å². The Morgan fingerprint density at radius 1 is 0.950 bits per heavy atom. The lowest BCUT2D eigenvalue weighted by Crippen LogP contribution is -2.34. The Labute approximate surface area is 124 Å². The van der Waals surface area contributed by atoms with E-state index in [1.54, 1.807) is 11.1 Å². The molecule has 2 aliphatic rings. The van der Waals surface area contributed by atoms with Crippen LogP contribution in [-0.2, 0) is 17.3 Å². The number of fused-ring (bicyclic) bond motifs is 2. The first-order valence-electron chi connectivity index (χ1n) is 8.25. The molecule has 0 radical (unpaired) electrons. The molecule has 0 spiro atoms. The minimum Gasteiger partial charge on any atom is -0.324 e. The van der Waals surface area contributed by atoms with E-state index in [2.05, 4.69) is 39.8 Å². The van der Waals surface area contributed by atoms with E-state index >= 15 is 0 Å². The van der Waals surface area contributed by atoms with Crippen LogP contribution in [0.1, 0.15) is 88.1 Å². The molecule has 2 aliphatic carbocycles. The highest BCUT2D eigenvalue weighted by atomic mass is 14.6. The van der Waals surface area contributed by atoms with Crippen LogP contribution in [0, 0.1) is 0 Å². The van der Waals surface area contributed by atoms with E-state index in [-0.39, 0.29) is 6.04 Å². The lowest BCUT2D eigenvalue weighted by molar-refractivity contribution is 0.331. The Balaban J connectivity index is 2.21. The van der Waals surface area contributed by atoms with Crippen LogP contribution in [0.2, 0.25) is 0 Å². The van der Waals surface area contributed by atoms with Crippen LogP contribution in [0.5, 0.6) is 0 Å². The molecule has 0 fully saturated rings. The second-order valence-corrected chi connectivity index (χ2v) is 8.22. The molecule has 1 aromatic rings. The quantitative estimate of drug-likeness (QED) is 0.676. The van der Waals surface area contributed by atoms with Crippen LogP contribution in [0.4, 0.5) is 0 Å². The van der Waals surface area contributed by atoms with Crippen LogP contribution in [-0.4, -0.2) is 0 Å². The van der Waals surface area contributed by atoms with Crippen molar-refractivity contribution in [1.82, 2.24) is 0 Å². The highest BCUT2D eigenvalue weighted by Crippen LogP contribution is 2.47. The standard InChI is InChI=1S/C19H29N/c1-18(2)9-10-19(3,4)16-12-14-13(11-15(16)18)7-5-6-8-17(14)20/h11-12,17H,5-10,20H2,1-4H3/t17-/m1/s1. The van der Waals surface area contributed by atoms with E-state index in [1.165, 1.54) is 43.2 Å². The van der Waals surface area contributed by atoms with Crippen LogP contribution in [0.25, 0.3) is 0 Å². The van der Waals surface area contributed by atoms with Gasteiger partial charge in [0, 0.05) is 6.04 Å². The minimum absolute atomic E-state index is 0.249. The van der Waals surface area contributed by atoms with Gasteiger partial charge in [0.15, 0.2) is 0 Å². The fourth-order valence-electron chi connectivity index (χ4n) is 4.07. The Morgan fingerprint density at radius 2 is 1.55 bits per heavy atom. The number of nitrogens with two attached hydrogens (primary N) is 1. The average Bonchev–Trinajstić information content (AvgIpc) is 2.56. The summed E-state index contributed by atoms with van der Waals surface area (Å²) in [5.74, 6) is 0. The summed E-state index contributed by atoms with van der Waals surface area (Å²) in [6.45, 7) is 9.61. The molecule has 1 nitrogen and oxygen atoms in total. The van der Waals surface area contributed by atoms with Gasteiger partial charge in [0.05, 0.1) is 0 Å². The molecular formula is C19H29N. The minimum atomic E-state index is 0.249. The van der Waals surface area contributed by atoms with Gasteiger partial charge >= 0.3 is 0 Å². The molecule has 0 amide bonds. The zero-order valence-electron chi connectivity index (χ0n) is 13.6. The summed E-state index contributed by atoms with van der Waals surface area (Å²) in [5.41, 5.74) is 13.2. The van der Waals surface area contributed by atoms with Gasteiger partial charge < -0.3 is 5.73 Å². The summed E-state index contributed by atoms with van der Waals surface area (Å²) < 4.78 is 0. The smallest absolute Gasteiger partial charge is 0.0297 e. The number of benzene rings is 1. The highest BCUT2D eigenvalue weighted by Gasteiger charge is 2.38. The molecule has 0 aliphatic heterocycles. The Bertz CT molecular complexity index is 525. The van der Waals surface area contributed by atoms with Crippen molar-refractivity contribution in [2.75, 3.05) is 0 Å². The van der Waals surface area contributed by atoms with Gasteiger partial charge in [-0.25, -0.2) is 0 Å². The molecule has 0 saturated heterocycles. The summed E-state index contributed by atoms with van der Waals surface area (Å²) in [6.07, 6.45) is 7.50. The molecule has 20 heavy (non-hydrogen) atoms. The van der Waals surface area contributed by atoms with Gasteiger partial charge in [0.2, 0.25) is 0 Å². The van der Waals surface area contributed by atoms with Gasteiger partial charge in [0.1, 0.15) is 0 Å². The molecule has 3 rings (SSSR count). The topological polar surface area (TPSA) is 26.0 Å². The lowest BCUT2D eigenvalue weighted by Gasteiger charge is -2.42. The summed E-state index contributed by atoms with van der Waals surface area (Å²) in [7, 11) is 0. The first-order chi connectivity index (χ1) is 9.31. The second-order valence-electron chi connectivity index (χ2n) is 8.22. The number of rotatable bonds is 0. The highest BCUT2D eigenvalue weighted by molar-refractivity contribution is 5.48. The van der Waals surface area contributed by atoms with E-state index in [1.807, 2.05) is 0 Å². The van der Waals surface area contributed by atoms with Gasteiger partial charge in [-0.3, -0.25) is 0 Å². The molecular weight excluding hydrogens is 242 g/mol. The molecule has 0 bridgehead atoms. The lowest BCUT2D eigenvalue weighted by atomic mass is 9.62. The molecule has 0 heterocycles. The molecule has 1 heteroatoms. The normalized spacial score (nSPS) is 27.4. The second kappa shape index (κ2) is 4.59. The predicted molar refractivity (Wildman–Crippen MR) is 86.2 cm³/mol. The fraction of sp³-hybridized carbons (Fsp3) is 0.684. The Morgan fingerprint density at radius 3 is 2.20 bits per heavy atom. The van der Waals surface area contributed by atoms with Crippen molar-refractivity contribution in [3.63, 3.8) is 0 Å². The molecule has 0 saturated carbocycles. The summed E-state index contributed by atoms with van der Waals surface area (Å²) in [6, 6.07) is 5.23. The third-order valence-corrected chi connectivity index (χ3v) is 5.72. The zero-order valence-corrected chi connectivity index (χ0v) is 13.6.